The van der Waals surface area contributed by atoms with Gasteiger partial charge in [-0.2, -0.15) is 0 Å². The summed E-state index contributed by atoms with van der Waals surface area (Å²) in [5.41, 5.74) is 2.44. The van der Waals surface area contributed by atoms with Crippen LogP contribution >= 0.6 is 0 Å². The number of nitrogens with zero attached hydrogens (tertiary/aromatic N) is 2. The van der Waals surface area contributed by atoms with Gasteiger partial charge in [-0.1, -0.05) is 0 Å². The van der Waals surface area contributed by atoms with Gasteiger partial charge in [0.25, 0.3) is 0 Å². The fourth-order valence-electron chi connectivity index (χ4n) is 2.01. The maximum atomic E-state index is 11.8. The molecule has 0 fully saturated rings. The molecular formula is C10H13FN2O2. The monoisotopic (exact) mass is 212 g/mol. The summed E-state index contributed by atoms with van der Waals surface area (Å²) in [6, 6.07) is 1.71. The minimum absolute atomic E-state index is 0.276. The summed E-state index contributed by atoms with van der Waals surface area (Å²) in [4.78, 5) is 16.5. The highest BCUT2D eigenvalue weighted by Gasteiger charge is 2.22. The molecule has 0 atom stereocenters. The molecule has 82 valence electrons. The van der Waals surface area contributed by atoms with Gasteiger partial charge in [0.05, 0.1) is 0 Å². The SMILES string of the molecule is CN1CCc2cc(C(=O)OF)n(C)c2C1. The van der Waals surface area contributed by atoms with Crippen molar-refractivity contribution in [2.45, 2.75) is 13.0 Å². The predicted molar refractivity (Wildman–Crippen MR) is 52.0 cm³/mol. The van der Waals surface area contributed by atoms with Gasteiger partial charge in [-0.15, -0.1) is 0 Å². The summed E-state index contributed by atoms with van der Waals surface area (Å²) >= 11 is 0. The molecule has 0 amide bonds. The lowest BCUT2D eigenvalue weighted by Gasteiger charge is -2.23. The topological polar surface area (TPSA) is 34.5 Å². The molecule has 2 rings (SSSR count). The van der Waals surface area contributed by atoms with Gasteiger partial charge in [-0.05, 0) is 25.1 Å². The van der Waals surface area contributed by atoms with Gasteiger partial charge in [0.1, 0.15) is 5.69 Å². The molecule has 1 aromatic rings. The Balaban J connectivity index is 2.41. The van der Waals surface area contributed by atoms with Crippen LogP contribution in [0, 0.1) is 0 Å². The standard InChI is InChI=1S/C10H13FN2O2/c1-12-4-3-7-5-8(10(14)15-11)13(2)9(7)6-12/h5H,3-4,6H2,1-2H3. The maximum absolute atomic E-state index is 11.8. The minimum Gasteiger partial charge on any atom is -0.341 e. The Morgan fingerprint density at radius 1 is 1.53 bits per heavy atom. The molecule has 4 nitrogen and oxygen atoms in total. The van der Waals surface area contributed by atoms with Gasteiger partial charge in [-0.25, -0.2) is 9.74 Å². The van der Waals surface area contributed by atoms with Crippen molar-refractivity contribution in [2.24, 2.45) is 7.05 Å². The molecule has 1 aliphatic rings. The number of hydrogen-bond acceptors (Lipinski definition) is 3. The number of fused-ring (bicyclic) bond motifs is 1. The first-order valence-electron chi connectivity index (χ1n) is 4.82. The molecule has 1 aliphatic heterocycles. The van der Waals surface area contributed by atoms with E-state index in [-0.39, 0.29) is 5.69 Å². The van der Waals surface area contributed by atoms with Crippen LogP contribution in [0.2, 0.25) is 0 Å². The lowest BCUT2D eigenvalue weighted by atomic mass is 10.1. The van der Waals surface area contributed by atoms with E-state index in [1.54, 1.807) is 17.7 Å². The summed E-state index contributed by atoms with van der Waals surface area (Å²) in [5, 5.41) is 0. The van der Waals surface area contributed by atoms with Gasteiger partial charge in [0.15, 0.2) is 0 Å². The van der Waals surface area contributed by atoms with Crippen molar-refractivity contribution in [3.8, 4) is 0 Å². The second kappa shape index (κ2) is 3.66. The van der Waals surface area contributed by atoms with Crippen LogP contribution in [-0.2, 0) is 25.0 Å². The van der Waals surface area contributed by atoms with E-state index in [4.69, 9.17) is 0 Å². The summed E-state index contributed by atoms with van der Waals surface area (Å²) < 4.78 is 13.5. The Hall–Kier alpha value is -1.36. The summed E-state index contributed by atoms with van der Waals surface area (Å²) in [7, 11) is 3.77. The van der Waals surface area contributed by atoms with E-state index in [1.165, 1.54) is 0 Å². The lowest BCUT2D eigenvalue weighted by molar-refractivity contribution is -0.0796. The quantitative estimate of drug-likeness (QED) is 0.698. The normalized spacial score (nSPS) is 16.2. The highest BCUT2D eigenvalue weighted by atomic mass is 19.3. The predicted octanol–water partition coefficient (Wildman–Crippen LogP) is 1.05. The Morgan fingerprint density at radius 3 is 2.93 bits per heavy atom. The third-order valence-electron chi connectivity index (χ3n) is 2.91. The number of halogens is 1. The third-order valence-corrected chi connectivity index (χ3v) is 2.91. The van der Waals surface area contributed by atoms with Crippen molar-refractivity contribution >= 4 is 5.97 Å². The summed E-state index contributed by atoms with van der Waals surface area (Å²) in [6.07, 6.45) is 0.888. The number of rotatable bonds is 1. The largest absolute Gasteiger partial charge is 0.395 e. The molecule has 15 heavy (non-hydrogen) atoms. The number of likely N-dealkylation sites (N-methyl/N-ethyl adjacent to an activating group) is 1. The molecule has 0 aliphatic carbocycles. The lowest BCUT2D eigenvalue weighted by Crippen LogP contribution is -2.27. The molecule has 1 aromatic heterocycles. The van der Waals surface area contributed by atoms with Crippen LogP contribution in [0.4, 0.5) is 4.53 Å². The molecule has 0 unspecified atom stereocenters. The molecule has 0 bridgehead atoms. The second-order valence-electron chi connectivity index (χ2n) is 3.91. The van der Waals surface area contributed by atoms with E-state index in [1.807, 2.05) is 7.05 Å². The van der Waals surface area contributed by atoms with Crippen molar-refractivity contribution in [1.82, 2.24) is 9.47 Å². The fourth-order valence-corrected chi connectivity index (χ4v) is 2.01. The van der Waals surface area contributed by atoms with Crippen LogP contribution in [0.5, 0.6) is 0 Å². The zero-order chi connectivity index (χ0) is 11.0. The maximum Gasteiger partial charge on any atom is 0.395 e. The van der Waals surface area contributed by atoms with Gasteiger partial charge in [0, 0.05) is 30.4 Å². The zero-order valence-electron chi connectivity index (χ0n) is 8.79. The fraction of sp³-hybridized carbons (Fsp3) is 0.500. The third kappa shape index (κ3) is 1.63. The van der Waals surface area contributed by atoms with Crippen LogP contribution in [0.25, 0.3) is 0 Å². The van der Waals surface area contributed by atoms with E-state index in [2.05, 4.69) is 9.84 Å². The van der Waals surface area contributed by atoms with Crippen LogP contribution in [-0.4, -0.2) is 29.0 Å². The van der Waals surface area contributed by atoms with E-state index in [0.29, 0.717) is 0 Å². The van der Waals surface area contributed by atoms with E-state index in [0.717, 1.165) is 30.8 Å². The van der Waals surface area contributed by atoms with E-state index in [9.17, 15) is 9.32 Å². The molecule has 0 saturated heterocycles. The molecule has 5 heteroatoms. The highest BCUT2D eigenvalue weighted by molar-refractivity contribution is 5.87. The van der Waals surface area contributed by atoms with E-state index >= 15 is 0 Å². The minimum atomic E-state index is -0.922. The Bertz CT molecular complexity index is 400. The van der Waals surface area contributed by atoms with Gasteiger partial charge < -0.3 is 9.47 Å². The summed E-state index contributed by atoms with van der Waals surface area (Å²) in [6.45, 7) is 1.74. The molecule has 2 heterocycles. The van der Waals surface area contributed by atoms with Gasteiger partial charge in [-0.3, -0.25) is 0 Å². The number of hydrogen-bond donors (Lipinski definition) is 0. The molecule has 0 radical (unpaired) electrons. The van der Waals surface area contributed by atoms with Crippen molar-refractivity contribution < 1.29 is 14.3 Å². The Kier molecular flexibility index (Phi) is 2.48. The molecule has 0 saturated carbocycles. The first kappa shape index (κ1) is 10.2. The average molecular weight is 212 g/mol. The van der Waals surface area contributed by atoms with Gasteiger partial charge >= 0.3 is 5.97 Å². The van der Waals surface area contributed by atoms with Crippen LogP contribution in [0.1, 0.15) is 21.7 Å². The number of carbonyl (C=O) groups is 1. The smallest absolute Gasteiger partial charge is 0.341 e. The molecule has 0 aromatic carbocycles. The Labute approximate surface area is 87.1 Å². The van der Waals surface area contributed by atoms with Crippen LogP contribution in [0.3, 0.4) is 0 Å². The first-order chi connectivity index (χ1) is 7.13. The van der Waals surface area contributed by atoms with Crippen molar-refractivity contribution in [3.05, 3.63) is 23.0 Å². The zero-order valence-corrected chi connectivity index (χ0v) is 8.79. The number of carbonyl (C=O) groups excluding carboxylic acids is 1. The summed E-state index contributed by atoms with van der Waals surface area (Å²) in [5.74, 6) is -0.922. The number of aromatic nitrogens is 1. The first-order valence-corrected chi connectivity index (χ1v) is 4.82. The average Bonchev–Trinajstić information content (AvgIpc) is 2.55. The molecular weight excluding hydrogens is 199 g/mol. The van der Waals surface area contributed by atoms with Crippen LogP contribution < -0.4 is 0 Å². The van der Waals surface area contributed by atoms with E-state index < -0.39 is 5.97 Å². The second-order valence-corrected chi connectivity index (χ2v) is 3.91. The molecule has 0 N–H and O–H groups in total. The van der Waals surface area contributed by atoms with Crippen molar-refractivity contribution in [3.63, 3.8) is 0 Å². The molecule has 0 spiro atoms. The highest BCUT2D eigenvalue weighted by Crippen LogP contribution is 2.22. The Morgan fingerprint density at radius 2 is 2.27 bits per heavy atom. The van der Waals surface area contributed by atoms with Crippen LogP contribution in [0.15, 0.2) is 6.07 Å². The van der Waals surface area contributed by atoms with Crippen molar-refractivity contribution in [1.29, 1.82) is 0 Å². The van der Waals surface area contributed by atoms with Crippen molar-refractivity contribution in [2.75, 3.05) is 13.6 Å². The van der Waals surface area contributed by atoms with Gasteiger partial charge in [0.2, 0.25) is 0 Å².